The van der Waals surface area contributed by atoms with Crippen LogP contribution in [0.4, 0.5) is 0 Å². The summed E-state index contributed by atoms with van der Waals surface area (Å²) >= 11 is 6.10. The number of fused-ring (bicyclic) bond motifs is 10. The first kappa shape index (κ1) is 39.4. The maximum absolute atomic E-state index is 2.61. The number of aryl methyl sites for hydroxylation is 3. The molecule has 0 radical (unpaired) electrons. The zero-order chi connectivity index (χ0) is 39.5. The molecule has 7 aromatic rings. The van der Waals surface area contributed by atoms with Crippen molar-refractivity contribution in [3.8, 4) is 52.2 Å². The normalized spacial score (nSPS) is 13.2. The van der Waals surface area contributed by atoms with Crippen molar-refractivity contribution in [3.63, 3.8) is 0 Å². The molecule has 3 heterocycles. The molecule has 3 heteroatoms. The minimum atomic E-state index is -0.316. The molecule has 3 aromatic heterocycles. The van der Waals surface area contributed by atoms with Crippen molar-refractivity contribution in [3.05, 3.63) is 154 Å². The van der Waals surface area contributed by atoms with E-state index in [-0.39, 0.29) is 5.41 Å². The largest absolute Gasteiger partial charge is 0.143 e. The summed E-state index contributed by atoms with van der Waals surface area (Å²) in [5.41, 5.74) is 16.8. The van der Waals surface area contributed by atoms with Gasteiger partial charge in [0.15, 0.2) is 0 Å². The van der Waals surface area contributed by atoms with Gasteiger partial charge in [0.1, 0.15) is 0 Å². The quantitative estimate of drug-likeness (QED) is 0.0757. The van der Waals surface area contributed by atoms with Gasteiger partial charge in [0.25, 0.3) is 0 Å². The second-order valence-electron chi connectivity index (χ2n) is 16.8. The fourth-order valence-electron chi connectivity index (χ4n) is 10.0. The van der Waals surface area contributed by atoms with E-state index in [1.165, 1.54) is 170 Å². The van der Waals surface area contributed by atoms with Gasteiger partial charge in [-0.25, -0.2) is 0 Å². The molecule has 0 fully saturated rings. The number of thiophene rings is 3. The van der Waals surface area contributed by atoms with Crippen molar-refractivity contribution in [1.29, 1.82) is 0 Å². The third-order valence-electron chi connectivity index (χ3n) is 12.9. The van der Waals surface area contributed by atoms with E-state index in [0.717, 1.165) is 6.42 Å². The Morgan fingerprint density at radius 3 is 1.47 bits per heavy atom. The van der Waals surface area contributed by atoms with Gasteiger partial charge in [-0.3, -0.25) is 0 Å². The lowest BCUT2D eigenvalue weighted by Gasteiger charge is -2.30. The Balaban J connectivity index is 1.14. The van der Waals surface area contributed by atoms with Crippen LogP contribution in [0.2, 0.25) is 0 Å². The molecule has 0 nitrogen and oxygen atoms in total. The summed E-state index contributed by atoms with van der Waals surface area (Å²) in [5.74, 6) is 0. The highest BCUT2D eigenvalue weighted by atomic mass is 32.1. The van der Waals surface area contributed by atoms with Crippen molar-refractivity contribution in [2.45, 2.75) is 122 Å². The molecular weight excluding hydrogens is 757 g/mol. The molecule has 0 atom stereocenters. The zero-order valence-corrected chi connectivity index (χ0v) is 37.3. The van der Waals surface area contributed by atoms with Crippen molar-refractivity contribution >= 4 is 34.0 Å². The molecular formula is C55H58S3. The van der Waals surface area contributed by atoms with Gasteiger partial charge < -0.3 is 0 Å². The van der Waals surface area contributed by atoms with Crippen molar-refractivity contribution in [2.75, 3.05) is 0 Å². The number of unbranched alkanes of at least 4 members (excludes halogenated alkanes) is 9. The summed E-state index contributed by atoms with van der Waals surface area (Å²) in [6.45, 7) is 6.95. The molecule has 2 aliphatic rings. The van der Waals surface area contributed by atoms with Crippen LogP contribution in [-0.4, -0.2) is 0 Å². The van der Waals surface area contributed by atoms with Crippen LogP contribution < -0.4 is 0 Å². The molecule has 0 saturated carbocycles. The molecule has 0 aliphatic heterocycles. The van der Waals surface area contributed by atoms with E-state index in [9.17, 15) is 0 Å². The van der Waals surface area contributed by atoms with E-state index in [2.05, 4.69) is 147 Å². The number of rotatable bonds is 18. The lowest BCUT2D eigenvalue weighted by Crippen LogP contribution is -2.25. The van der Waals surface area contributed by atoms with E-state index in [1.54, 1.807) is 11.1 Å². The van der Waals surface area contributed by atoms with Gasteiger partial charge in [0, 0.05) is 24.4 Å². The number of benzene rings is 4. The third-order valence-corrected chi connectivity index (χ3v) is 16.7. The molecule has 1 spiro atoms. The highest BCUT2D eigenvalue weighted by molar-refractivity contribution is 7.27. The highest BCUT2D eigenvalue weighted by Crippen LogP contribution is 2.63. The summed E-state index contributed by atoms with van der Waals surface area (Å²) in [6.07, 6.45) is 19.2. The molecule has 0 bridgehead atoms. The number of hydrogen-bond acceptors (Lipinski definition) is 3. The van der Waals surface area contributed by atoms with E-state index in [0.29, 0.717) is 0 Å². The Morgan fingerprint density at radius 2 is 0.897 bits per heavy atom. The lowest BCUT2D eigenvalue weighted by atomic mass is 9.70. The Labute approximate surface area is 360 Å². The minimum absolute atomic E-state index is 0.316. The standard InChI is InChI=1S/C55H58S3/c1-4-7-10-13-22-38-33-51(56-37-38)53-41(24-15-12-9-6-3)36-52(58-53)54-40(23-14-11-8-5-2)35-50(57-54)39-31-32-45-44-27-18-21-30-48(44)55(49(45)34-39)46-28-19-16-25-42(46)43-26-17-20-29-47(43)55/h16-21,25-37H,4-15,22-24H2,1-3H3. The zero-order valence-electron chi connectivity index (χ0n) is 34.8. The lowest BCUT2D eigenvalue weighted by molar-refractivity contribution is 0.667. The summed E-state index contributed by atoms with van der Waals surface area (Å²) in [7, 11) is 0. The van der Waals surface area contributed by atoms with E-state index >= 15 is 0 Å². The van der Waals surface area contributed by atoms with Gasteiger partial charge in [0.05, 0.1) is 5.41 Å². The van der Waals surface area contributed by atoms with Crippen LogP contribution in [0, 0.1) is 0 Å². The molecule has 9 rings (SSSR count). The predicted molar refractivity (Wildman–Crippen MR) is 256 cm³/mol. The average Bonchev–Trinajstić information content (AvgIpc) is 4.10. The second-order valence-corrected chi connectivity index (χ2v) is 19.8. The third kappa shape index (κ3) is 7.20. The van der Waals surface area contributed by atoms with E-state index in [4.69, 9.17) is 0 Å². The van der Waals surface area contributed by atoms with Crippen molar-refractivity contribution in [2.24, 2.45) is 0 Å². The van der Waals surface area contributed by atoms with Crippen LogP contribution in [-0.2, 0) is 24.7 Å². The summed E-state index contributed by atoms with van der Waals surface area (Å²) < 4.78 is 0. The fraction of sp³-hybridized carbons (Fsp3) is 0.345. The molecule has 4 aromatic carbocycles. The van der Waals surface area contributed by atoms with Crippen LogP contribution in [0.5, 0.6) is 0 Å². The minimum Gasteiger partial charge on any atom is -0.143 e. The maximum atomic E-state index is 2.61. The van der Waals surface area contributed by atoms with Crippen LogP contribution in [0.25, 0.3) is 52.2 Å². The first-order valence-corrected chi connectivity index (χ1v) is 24.9. The van der Waals surface area contributed by atoms with Crippen LogP contribution in [0.3, 0.4) is 0 Å². The van der Waals surface area contributed by atoms with Crippen LogP contribution in [0.15, 0.2) is 115 Å². The average molecular weight is 815 g/mol. The summed E-state index contributed by atoms with van der Waals surface area (Å²) in [6, 6.07) is 42.7. The molecule has 0 N–H and O–H groups in total. The van der Waals surface area contributed by atoms with Crippen LogP contribution in [0.1, 0.15) is 137 Å². The van der Waals surface area contributed by atoms with Crippen molar-refractivity contribution < 1.29 is 0 Å². The van der Waals surface area contributed by atoms with Gasteiger partial charge >= 0.3 is 0 Å². The Hall–Kier alpha value is -4.02. The smallest absolute Gasteiger partial charge is 0.0725 e. The molecule has 0 amide bonds. The van der Waals surface area contributed by atoms with E-state index < -0.39 is 0 Å². The Kier molecular flexibility index (Phi) is 12.0. The maximum Gasteiger partial charge on any atom is 0.0725 e. The van der Waals surface area contributed by atoms with Gasteiger partial charge in [0.2, 0.25) is 0 Å². The predicted octanol–water partition coefficient (Wildman–Crippen LogP) is 17.6. The second kappa shape index (κ2) is 17.7. The van der Waals surface area contributed by atoms with Crippen LogP contribution >= 0.6 is 34.0 Å². The molecule has 296 valence electrons. The van der Waals surface area contributed by atoms with Gasteiger partial charge in [-0.15, -0.1) is 34.0 Å². The molecule has 58 heavy (non-hydrogen) atoms. The molecule has 0 saturated heterocycles. The fourth-order valence-corrected chi connectivity index (χ4v) is 13.7. The molecule has 2 aliphatic carbocycles. The monoisotopic (exact) mass is 814 g/mol. The Morgan fingerprint density at radius 1 is 0.414 bits per heavy atom. The van der Waals surface area contributed by atoms with Gasteiger partial charge in [-0.1, -0.05) is 163 Å². The SMILES string of the molecule is CCCCCCc1csc(-c2sc(-c3sc(-c4ccc5c(c4)C4(c6ccccc6-c6ccccc64)c4ccccc4-5)cc3CCCCCC)cc2CCCCCC)c1. The Bertz CT molecular complexity index is 2440. The van der Waals surface area contributed by atoms with Gasteiger partial charge in [-0.05, 0) is 135 Å². The highest BCUT2D eigenvalue weighted by Gasteiger charge is 2.51. The van der Waals surface area contributed by atoms with E-state index in [1.807, 2.05) is 22.7 Å². The topological polar surface area (TPSA) is 0 Å². The first-order chi connectivity index (χ1) is 28.6. The summed E-state index contributed by atoms with van der Waals surface area (Å²) in [4.78, 5) is 7.39. The summed E-state index contributed by atoms with van der Waals surface area (Å²) in [5, 5.41) is 2.45. The first-order valence-electron chi connectivity index (χ1n) is 22.4. The molecule has 0 unspecified atom stereocenters. The van der Waals surface area contributed by atoms with Gasteiger partial charge in [-0.2, -0.15) is 0 Å². The van der Waals surface area contributed by atoms with Crippen molar-refractivity contribution in [1.82, 2.24) is 0 Å². The number of hydrogen-bond donors (Lipinski definition) is 0.